The van der Waals surface area contributed by atoms with Crippen molar-refractivity contribution in [2.75, 3.05) is 18.0 Å². The topological polar surface area (TPSA) is 49.2 Å². The zero-order valence-corrected chi connectivity index (χ0v) is 12.6. The molecule has 4 nitrogen and oxygen atoms in total. The van der Waals surface area contributed by atoms with Gasteiger partial charge in [-0.25, -0.2) is 4.98 Å². The van der Waals surface area contributed by atoms with E-state index < -0.39 is 0 Å². The van der Waals surface area contributed by atoms with Crippen molar-refractivity contribution in [3.05, 3.63) is 18.1 Å². The molecule has 0 spiro atoms. The SMILES string of the molecule is CC(C)CCN(CCC(C)C)c1cncc(CO)n1. The van der Waals surface area contributed by atoms with Crippen LogP contribution in [0.5, 0.6) is 0 Å². The molecule has 1 aromatic heterocycles. The molecule has 108 valence electrons. The summed E-state index contributed by atoms with van der Waals surface area (Å²) in [5.41, 5.74) is 0.636. The predicted octanol–water partition coefficient (Wildman–Crippen LogP) is 2.87. The number of rotatable bonds is 8. The summed E-state index contributed by atoms with van der Waals surface area (Å²) in [7, 11) is 0. The molecule has 0 fully saturated rings. The Labute approximate surface area is 116 Å². The second-order valence-electron chi connectivity index (χ2n) is 5.88. The van der Waals surface area contributed by atoms with Gasteiger partial charge in [-0.1, -0.05) is 27.7 Å². The molecule has 0 atom stereocenters. The van der Waals surface area contributed by atoms with Crippen LogP contribution < -0.4 is 4.90 Å². The van der Waals surface area contributed by atoms with Crippen LogP contribution in [0.3, 0.4) is 0 Å². The van der Waals surface area contributed by atoms with Gasteiger partial charge in [0.25, 0.3) is 0 Å². The van der Waals surface area contributed by atoms with Gasteiger partial charge in [0.1, 0.15) is 5.82 Å². The molecule has 0 saturated heterocycles. The van der Waals surface area contributed by atoms with E-state index in [2.05, 4.69) is 42.6 Å². The van der Waals surface area contributed by atoms with E-state index in [0.717, 1.165) is 31.7 Å². The van der Waals surface area contributed by atoms with Gasteiger partial charge in [0.2, 0.25) is 0 Å². The number of hydrogen-bond donors (Lipinski definition) is 1. The Balaban J connectivity index is 2.74. The molecule has 0 radical (unpaired) electrons. The first-order valence-corrected chi connectivity index (χ1v) is 7.19. The lowest BCUT2D eigenvalue weighted by atomic mass is 10.1. The van der Waals surface area contributed by atoms with Gasteiger partial charge in [0.15, 0.2) is 0 Å². The second-order valence-corrected chi connectivity index (χ2v) is 5.88. The van der Waals surface area contributed by atoms with Gasteiger partial charge in [-0.3, -0.25) is 4.98 Å². The molecular weight excluding hydrogens is 238 g/mol. The van der Waals surface area contributed by atoms with E-state index in [1.165, 1.54) is 0 Å². The van der Waals surface area contributed by atoms with Crippen molar-refractivity contribution in [1.82, 2.24) is 9.97 Å². The van der Waals surface area contributed by atoms with Crippen LogP contribution >= 0.6 is 0 Å². The van der Waals surface area contributed by atoms with E-state index in [4.69, 9.17) is 5.11 Å². The lowest BCUT2D eigenvalue weighted by Gasteiger charge is -2.25. The Morgan fingerprint density at radius 3 is 2.11 bits per heavy atom. The smallest absolute Gasteiger partial charge is 0.147 e. The molecule has 1 rings (SSSR count). The summed E-state index contributed by atoms with van der Waals surface area (Å²) in [6.45, 7) is 10.9. The van der Waals surface area contributed by atoms with Crippen LogP contribution in [-0.4, -0.2) is 28.2 Å². The summed E-state index contributed by atoms with van der Waals surface area (Å²) < 4.78 is 0. The number of anilines is 1. The van der Waals surface area contributed by atoms with E-state index in [0.29, 0.717) is 17.5 Å². The largest absolute Gasteiger partial charge is 0.390 e. The van der Waals surface area contributed by atoms with Gasteiger partial charge >= 0.3 is 0 Å². The van der Waals surface area contributed by atoms with Gasteiger partial charge < -0.3 is 10.0 Å². The first kappa shape index (κ1) is 15.9. The molecule has 0 unspecified atom stereocenters. The fourth-order valence-electron chi connectivity index (χ4n) is 1.79. The van der Waals surface area contributed by atoms with E-state index in [-0.39, 0.29) is 6.61 Å². The molecule has 1 heterocycles. The molecule has 0 aliphatic heterocycles. The van der Waals surface area contributed by atoms with Crippen molar-refractivity contribution in [2.24, 2.45) is 11.8 Å². The fraction of sp³-hybridized carbons (Fsp3) is 0.733. The molecule has 0 amide bonds. The van der Waals surface area contributed by atoms with Crippen molar-refractivity contribution < 1.29 is 5.11 Å². The Morgan fingerprint density at radius 2 is 1.63 bits per heavy atom. The normalized spacial score (nSPS) is 11.3. The van der Waals surface area contributed by atoms with E-state index in [9.17, 15) is 0 Å². The first-order chi connectivity index (χ1) is 9.02. The standard InChI is InChI=1S/C15H27N3O/c1-12(2)5-7-18(8-6-13(3)4)15-10-16-9-14(11-19)17-15/h9-10,12-13,19H,5-8,11H2,1-4H3. The van der Waals surface area contributed by atoms with Crippen LogP contribution in [0.1, 0.15) is 46.2 Å². The zero-order chi connectivity index (χ0) is 14.3. The maximum absolute atomic E-state index is 9.16. The summed E-state index contributed by atoms with van der Waals surface area (Å²) in [5.74, 6) is 2.24. The van der Waals surface area contributed by atoms with Gasteiger partial charge in [-0.15, -0.1) is 0 Å². The Hall–Kier alpha value is -1.16. The lowest BCUT2D eigenvalue weighted by molar-refractivity contribution is 0.276. The predicted molar refractivity (Wildman–Crippen MR) is 79.1 cm³/mol. The molecule has 4 heteroatoms. The highest BCUT2D eigenvalue weighted by atomic mass is 16.3. The van der Waals surface area contributed by atoms with Crippen LogP contribution in [0.25, 0.3) is 0 Å². The van der Waals surface area contributed by atoms with Crippen LogP contribution in [0, 0.1) is 11.8 Å². The molecule has 1 aromatic rings. The minimum Gasteiger partial charge on any atom is -0.390 e. The number of hydrogen-bond acceptors (Lipinski definition) is 4. The third kappa shape index (κ3) is 6.01. The average Bonchev–Trinajstić information content (AvgIpc) is 2.38. The zero-order valence-electron chi connectivity index (χ0n) is 12.6. The number of aliphatic hydroxyl groups excluding tert-OH is 1. The van der Waals surface area contributed by atoms with Crippen LogP contribution in [0.15, 0.2) is 12.4 Å². The summed E-state index contributed by atoms with van der Waals surface area (Å²) in [5, 5.41) is 9.16. The maximum atomic E-state index is 9.16. The summed E-state index contributed by atoms with van der Waals surface area (Å²) in [4.78, 5) is 10.9. The van der Waals surface area contributed by atoms with Crippen LogP contribution in [0.2, 0.25) is 0 Å². The Morgan fingerprint density at radius 1 is 1.05 bits per heavy atom. The van der Waals surface area contributed by atoms with Crippen molar-refractivity contribution in [1.29, 1.82) is 0 Å². The van der Waals surface area contributed by atoms with E-state index >= 15 is 0 Å². The third-order valence-electron chi connectivity index (χ3n) is 3.11. The average molecular weight is 265 g/mol. The van der Waals surface area contributed by atoms with E-state index in [1.54, 1.807) is 12.4 Å². The van der Waals surface area contributed by atoms with Crippen molar-refractivity contribution >= 4 is 5.82 Å². The third-order valence-corrected chi connectivity index (χ3v) is 3.11. The first-order valence-electron chi connectivity index (χ1n) is 7.19. The van der Waals surface area contributed by atoms with Crippen LogP contribution in [-0.2, 0) is 6.61 Å². The minimum absolute atomic E-state index is 0.0525. The van der Waals surface area contributed by atoms with Gasteiger partial charge in [0.05, 0.1) is 24.7 Å². The lowest BCUT2D eigenvalue weighted by Crippen LogP contribution is -2.28. The van der Waals surface area contributed by atoms with Crippen molar-refractivity contribution in [3.63, 3.8) is 0 Å². The minimum atomic E-state index is -0.0525. The van der Waals surface area contributed by atoms with Gasteiger partial charge in [0, 0.05) is 13.1 Å². The number of nitrogens with zero attached hydrogens (tertiary/aromatic N) is 3. The molecule has 0 aromatic carbocycles. The molecule has 0 bridgehead atoms. The highest BCUT2D eigenvalue weighted by molar-refractivity contribution is 5.36. The molecule has 19 heavy (non-hydrogen) atoms. The Bertz CT molecular complexity index is 354. The summed E-state index contributed by atoms with van der Waals surface area (Å²) >= 11 is 0. The van der Waals surface area contributed by atoms with Crippen LogP contribution in [0.4, 0.5) is 5.82 Å². The monoisotopic (exact) mass is 265 g/mol. The molecule has 0 aliphatic rings. The summed E-state index contributed by atoms with van der Waals surface area (Å²) in [6.07, 6.45) is 5.69. The Kier molecular flexibility index (Phi) is 6.78. The fourth-order valence-corrected chi connectivity index (χ4v) is 1.79. The summed E-state index contributed by atoms with van der Waals surface area (Å²) in [6, 6.07) is 0. The second kappa shape index (κ2) is 8.10. The van der Waals surface area contributed by atoms with Gasteiger partial charge in [-0.2, -0.15) is 0 Å². The van der Waals surface area contributed by atoms with Gasteiger partial charge in [-0.05, 0) is 24.7 Å². The van der Waals surface area contributed by atoms with E-state index in [1.807, 2.05) is 0 Å². The molecular formula is C15H27N3O. The molecule has 0 saturated carbocycles. The number of aliphatic hydroxyl groups is 1. The highest BCUT2D eigenvalue weighted by Gasteiger charge is 2.10. The molecule has 0 aliphatic carbocycles. The quantitative estimate of drug-likeness (QED) is 0.785. The maximum Gasteiger partial charge on any atom is 0.147 e. The highest BCUT2D eigenvalue weighted by Crippen LogP contribution is 2.14. The number of aromatic nitrogens is 2. The van der Waals surface area contributed by atoms with Crippen molar-refractivity contribution in [3.8, 4) is 0 Å². The van der Waals surface area contributed by atoms with Crippen molar-refractivity contribution in [2.45, 2.75) is 47.1 Å². The molecule has 1 N–H and O–H groups in total.